The molecule has 8 heteroatoms. The predicted molar refractivity (Wildman–Crippen MR) is 82.3 cm³/mol. The maximum atomic E-state index is 12.2. The zero-order chi connectivity index (χ0) is 15.6. The molecular weight excluding hydrogens is 290 g/mol. The fraction of sp³-hybridized carbons (Fsp3) is 0.462. The summed E-state index contributed by atoms with van der Waals surface area (Å²) in [7, 11) is 1.84. The predicted octanol–water partition coefficient (Wildman–Crippen LogP) is 0.136. The van der Waals surface area contributed by atoms with Crippen LogP contribution in [-0.4, -0.2) is 40.7 Å². The molecule has 2 heterocycles. The van der Waals surface area contributed by atoms with Crippen LogP contribution in [0.4, 0.5) is 0 Å². The number of hydrogen-bond acceptors (Lipinski definition) is 5. The molecule has 2 rings (SSSR count). The van der Waals surface area contributed by atoms with Gasteiger partial charge in [-0.25, -0.2) is 0 Å². The normalized spacial score (nSPS) is 12.4. The summed E-state index contributed by atoms with van der Waals surface area (Å²) in [5.74, 6) is -0.501. The molecule has 0 fully saturated rings. The highest BCUT2D eigenvalue weighted by atomic mass is 32.1. The molecule has 0 aromatic carbocycles. The molecule has 1 unspecified atom stereocenters. The van der Waals surface area contributed by atoms with Gasteiger partial charge in [0.25, 0.3) is 5.91 Å². The van der Waals surface area contributed by atoms with E-state index in [2.05, 4.69) is 15.7 Å². The molecule has 0 saturated heterocycles. The number of nitrogens with two attached hydrogens (primary N) is 1. The Bertz CT molecular complexity index is 641. The number of carbonyl (C=O) groups is 2. The summed E-state index contributed by atoms with van der Waals surface area (Å²) >= 11 is 1.36. The van der Waals surface area contributed by atoms with Gasteiger partial charge in [0.1, 0.15) is 10.9 Å². The van der Waals surface area contributed by atoms with Crippen molar-refractivity contribution in [1.82, 2.24) is 20.4 Å². The lowest BCUT2D eigenvalue weighted by Crippen LogP contribution is -2.45. The molecule has 1 atom stereocenters. The van der Waals surface area contributed by atoms with Crippen molar-refractivity contribution in [3.63, 3.8) is 0 Å². The van der Waals surface area contributed by atoms with E-state index in [-0.39, 0.29) is 11.8 Å². The molecule has 21 heavy (non-hydrogen) atoms. The van der Waals surface area contributed by atoms with Crippen LogP contribution in [0.5, 0.6) is 0 Å². The Balaban J connectivity index is 2.08. The Kier molecular flexibility index (Phi) is 4.59. The molecule has 114 valence electrons. The molecule has 2 aromatic heterocycles. The fourth-order valence-electron chi connectivity index (χ4n) is 2.00. The zero-order valence-corrected chi connectivity index (χ0v) is 13.1. The molecule has 0 spiro atoms. The summed E-state index contributed by atoms with van der Waals surface area (Å²) in [4.78, 5) is 25.4. The third-order valence-electron chi connectivity index (χ3n) is 3.10. The molecule has 0 radical (unpaired) electrons. The van der Waals surface area contributed by atoms with E-state index in [0.717, 1.165) is 15.9 Å². The van der Waals surface area contributed by atoms with Gasteiger partial charge in [-0.3, -0.25) is 14.3 Å². The highest BCUT2D eigenvalue weighted by Gasteiger charge is 2.19. The summed E-state index contributed by atoms with van der Waals surface area (Å²) in [5, 5.41) is 10.6. The van der Waals surface area contributed by atoms with E-state index in [9.17, 15) is 9.59 Å². The summed E-state index contributed by atoms with van der Waals surface area (Å²) < 4.78 is 1.75. The van der Waals surface area contributed by atoms with E-state index in [1.54, 1.807) is 11.6 Å². The van der Waals surface area contributed by atoms with Gasteiger partial charge in [-0.2, -0.15) is 5.10 Å². The van der Waals surface area contributed by atoms with Gasteiger partial charge in [-0.05, 0) is 19.9 Å². The van der Waals surface area contributed by atoms with Crippen LogP contribution >= 0.6 is 11.3 Å². The molecule has 7 nitrogen and oxygen atoms in total. The van der Waals surface area contributed by atoms with Gasteiger partial charge in [0.15, 0.2) is 0 Å². The Hall–Kier alpha value is -1.93. The highest BCUT2D eigenvalue weighted by Crippen LogP contribution is 2.27. The van der Waals surface area contributed by atoms with E-state index >= 15 is 0 Å². The highest BCUT2D eigenvalue weighted by molar-refractivity contribution is 7.20. The first-order valence-electron chi connectivity index (χ1n) is 6.65. The van der Waals surface area contributed by atoms with Gasteiger partial charge >= 0.3 is 0 Å². The number of aromatic nitrogens is 2. The Morgan fingerprint density at radius 1 is 1.52 bits per heavy atom. The summed E-state index contributed by atoms with van der Waals surface area (Å²) in [6.45, 7) is 4.31. The number of carbonyl (C=O) groups excluding carboxylic acids is 2. The second-order valence-corrected chi connectivity index (χ2v) is 5.84. The first-order valence-corrected chi connectivity index (χ1v) is 7.47. The summed E-state index contributed by atoms with van der Waals surface area (Å²) in [6.07, 6.45) is 0. The van der Waals surface area contributed by atoms with Crippen molar-refractivity contribution in [3.05, 3.63) is 16.6 Å². The first kappa shape index (κ1) is 15.5. The van der Waals surface area contributed by atoms with E-state index in [1.807, 2.05) is 20.0 Å². The molecule has 2 amide bonds. The lowest BCUT2D eigenvalue weighted by molar-refractivity contribution is -0.122. The number of fused-ring (bicyclic) bond motifs is 1. The van der Waals surface area contributed by atoms with Crippen LogP contribution in [0.3, 0.4) is 0 Å². The lowest BCUT2D eigenvalue weighted by Gasteiger charge is -2.12. The van der Waals surface area contributed by atoms with Gasteiger partial charge in [0.05, 0.1) is 10.6 Å². The molecule has 0 aliphatic heterocycles. The van der Waals surface area contributed by atoms with Crippen molar-refractivity contribution < 1.29 is 9.59 Å². The molecule has 0 aliphatic rings. The van der Waals surface area contributed by atoms with Gasteiger partial charge in [0, 0.05) is 25.5 Å². The van der Waals surface area contributed by atoms with Crippen molar-refractivity contribution in [1.29, 1.82) is 0 Å². The van der Waals surface area contributed by atoms with Crippen molar-refractivity contribution in [2.45, 2.75) is 19.9 Å². The lowest BCUT2D eigenvalue weighted by atomic mass is 10.2. The minimum Gasteiger partial charge on any atom is -0.353 e. The van der Waals surface area contributed by atoms with E-state index in [1.165, 1.54) is 11.3 Å². The monoisotopic (exact) mass is 309 g/mol. The van der Waals surface area contributed by atoms with Crippen LogP contribution in [0.1, 0.15) is 22.3 Å². The maximum Gasteiger partial charge on any atom is 0.262 e. The summed E-state index contributed by atoms with van der Waals surface area (Å²) in [5.41, 5.74) is 6.21. The van der Waals surface area contributed by atoms with Crippen molar-refractivity contribution in [2.24, 2.45) is 12.8 Å². The fourth-order valence-corrected chi connectivity index (χ4v) is 3.03. The Labute approximate surface area is 126 Å². The number of nitrogens with zero attached hydrogens (tertiary/aromatic N) is 2. The van der Waals surface area contributed by atoms with Crippen molar-refractivity contribution >= 4 is 33.4 Å². The van der Waals surface area contributed by atoms with Crippen LogP contribution in [0.25, 0.3) is 10.2 Å². The molecule has 0 aliphatic carbocycles. The number of nitrogens with one attached hydrogen (secondary N) is 2. The molecule has 0 saturated carbocycles. The summed E-state index contributed by atoms with van der Waals surface area (Å²) in [6, 6.07) is 1.20. The van der Waals surface area contributed by atoms with Crippen molar-refractivity contribution in [2.75, 3.05) is 13.1 Å². The Morgan fingerprint density at radius 2 is 2.24 bits per heavy atom. The van der Waals surface area contributed by atoms with Crippen molar-refractivity contribution in [3.8, 4) is 0 Å². The van der Waals surface area contributed by atoms with E-state index in [4.69, 9.17) is 5.73 Å². The number of amides is 2. The third-order valence-corrected chi connectivity index (χ3v) is 4.31. The van der Waals surface area contributed by atoms with Crippen LogP contribution in [0.2, 0.25) is 0 Å². The van der Waals surface area contributed by atoms with Gasteiger partial charge < -0.3 is 16.4 Å². The van der Waals surface area contributed by atoms with Gasteiger partial charge in [0.2, 0.25) is 5.91 Å². The van der Waals surface area contributed by atoms with Gasteiger partial charge in [-0.1, -0.05) is 0 Å². The second-order valence-electron chi connectivity index (χ2n) is 4.81. The maximum absolute atomic E-state index is 12.2. The van der Waals surface area contributed by atoms with Crippen LogP contribution in [0, 0.1) is 6.92 Å². The van der Waals surface area contributed by atoms with E-state index in [0.29, 0.717) is 18.0 Å². The second kappa shape index (κ2) is 6.23. The van der Waals surface area contributed by atoms with Crippen LogP contribution in [0.15, 0.2) is 6.07 Å². The minimum absolute atomic E-state index is 0.243. The van der Waals surface area contributed by atoms with E-state index < -0.39 is 6.04 Å². The first-order chi connectivity index (χ1) is 9.93. The third kappa shape index (κ3) is 3.22. The largest absolute Gasteiger partial charge is 0.353 e. The number of aryl methyl sites for hydroxylation is 2. The smallest absolute Gasteiger partial charge is 0.262 e. The molecule has 2 aromatic rings. The average Bonchev–Trinajstić information content (AvgIpc) is 2.98. The average molecular weight is 309 g/mol. The minimum atomic E-state index is -0.603. The Morgan fingerprint density at radius 3 is 2.86 bits per heavy atom. The molecular formula is C13H19N5O2S. The molecule has 4 N–H and O–H groups in total. The number of hydrogen-bond donors (Lipinski definition) is 3. The molecule has 0 bridgehead atoms. The zero-order valence-electron chi connectivity index (χ0n) is 12.3. The number of rotatable bonds is 5. The standard InChI is InChI=1S/C13H19N5O2S/c1-7-9-6-10(21-13(9)18(3)17-7)12(20)16-8(2)11(19)15-5-4-14/h6,8H,4-5,14H2,1-3H3,(H,15,19)(H,16,20). The number of thiophene rings is 1. The topological polar surface area (TPSA) is 102 Å². The van der Waals surface area contributed by atoms with Gasteiger partial charge in [-0.15, -0.1) is 11.3 Å². The quantitative estimate of drug-likeness (QED) is 0.731. The van der Waals surface area contributed by atoms with Crippen LogP contribution < -0.4 is 16.4 Å². The SMILES string of the molecule is Cc1nn(C)c2sc(C(=O)NC(C)C(=O)NCCN)cc12. The van der Waals surface area contributed by atoms with Crippen LogP contribution in [-0.2, 0) is 11.8 Å².